The second-order valence-electron chi connectivity index (χ2n) is 11.4. The fraction of sp³-hybridized carbons (Fsp3) is 0.424. The van der Waals surface area contributed by atoms with Gasteiger partial charge in [-0.05, 0) is 62.9 Å². The van der Waals surface area contributed by atoms with Crippen LogP contribution in [0.15, 0.2) is 73.8 Å². The maximum absolute atomic E-state index is 14.7. The zero-order chi connectivity index (χ0) is 29.5. The van der Waals surface area contributed by atoms with Crippen LogP contribution < -0.4 is 9.80 Å². The summed E-state index contributed by atoms with van der Waals surface area (Å²) >= 11 is 1.64. The van der Waals surface area contributed by atoms with Crippen molar-refractivity contribution in [2.24, 2.45) is 11.8 Å². The number of aryl methyl sites for hydroxylation is 2. The third kappa shape index (κ3) is 4.71. The molecule has 1 spiro atoms. The summed E-state index contributed by atoms with van der Waals surface area (Å²) in [6.45, 7) is 13.8. The van der Waals surface area contributed by atoms with E-state index in [1.54, 1.807) is 45.5 Å². The predicted octanol–water partition coefficient (Wildman–Crippen LogP) is 4.51. The van der Waals surface area contributed by atoms with Gasteiger partial charge >= 0.3 is 0 Å². The predicted molar refractivity (Wildman–Crippen MR) is 165 cm³/mol. The summed E-state index contributed by atoms with van der Waals surface area (Å²) in [6.07, 6.45) is 4.80. The van der Waals surface area contributed by atoms with E-state index in [4.69, 9.17) is 0 Å². The first kappa shape index (κ1) is 29.1. The number of carbonyl (C=O) groups is 3. The van der Waals surface area contributed by atoms with Crippen molar-refractivity contribution in [3.05, 3.63) is 85.0 Å². The lowest BCUT2D eigenvalue weighted by Gasteiger charge is -2.39. The van der Waals surface area contributed by atoms with Gasteiger partial charge in [-0.15, -0.1) is 24.9 Å². The molecule has 3 saturated heterocycles. The van der Waals surface area contributed by atoms with Crippen LogP contribution in [0.3, 0.4) is 0 Å². The van der Waals surface area contributed by atoms with Gasteiger partial charge in [0.2, 0.25) is 11.8 Å². The number of para-hydroxylation sites is 1. The van der Waals surface area contributed by atoms with E-state index >= 15 is 0 Å². The maximum atomic E-state index is 14.7. The van der Waals surface area contributed by atoms with Gasteiger partial charge in [-0.2, -0.15) is 0 Å². The Morgan fingerprint density at radius 2 is 1.78 bits per heavy atom. The molecule has 3 amide bonds. The van der Waals surface area contributed by atoms with Gasteiger partial charge in [0.1, 0.15) is 6.04 Å². The van der Waals surface area contributed by atoms with Gasteiger partial charge in [0.15, 0.2) is 0 Å². The zero-order valence-electron chi connectivity index (χ0n) is 24.0. The number of hydrogen-bond acceptors (Lipinski definition) is 5. The first-order valence-electron chi connectivity index (χ1n) is 14.3. The van der Waals surface area contributed by atoms with Crippen LogP contribution >= 0.6 is 11.8 Å². The molecule has 2 bridgehead atoms. The molecule has 216 valence electrons. The summed E-state index contributed by atoms with van der Waals surface area (Å²) < 4.78 is -0.754. The fourth-order valence-corrected chi connectivity index (χ4v) is 9.24. The quantitative estimate of drug-likeness (QED) is 0.423. The van der Waals surface area contributed by atoms with E-state index in [1.807, 2.05) is 62.4 Å². The van der Waals surface area contributed by atoms with Crippen molar-refractivity contribution in [3.8, 4) is 0 Å². The van der Waals surface area contributed by atoms with Gasteiger partial charge in [-0.3, -0.25) is 14.4 Å². The molecular weight excluding hydrogens is 534 g/mol. The number of hydrogen-bond donors (Lipinski definition) is 1. The standard InChI is InChI=1S/C33H39N3O4S/c1-6-17-34(24-11-9-8-10-12-24)30(38)27-26-15-16-33(41-26)28(27)31(39)36(23(5)20-37)29(33)32(40)35(18-7-2)25-19-21(3)13-14-22(25)4/h6-14,19,23,26-29,37H,1-2,15-18,20H2,3-5H3/t23-,26-,27+,28+,29?,33?/m1/s1. The smallest absolute Gasteiger partial charge is 0.251 e. The number of nitrogens with zero attached hydrogens (tertiary/aromatic N) is 3. The summed E-state index contributed by atoms with van der Waals surface area (Å²) in [5, 5.41) is 10.2. The first-order chi connectivity index (χ1) is 19.7. The lowest BCUT2D eigenvalue weighted by molar-refractivity contribution is -0.141. The van der Waals surface area contributed by atoms with Crippen LogP contribution in [-0.2, 0) is 14.4 Å². The van der Waals surface area contributed by atoms with E-state index in [9.17, 15) is 19.5 Å². The molecule has 3 fully saturated rings. The SMILES string of the molecule is C=CCN(C(=O)[C@@H]1[C@H]2C(=O)N([C@H](C)CO)C(C(=O)N(CC=C)c3cc(C)ccc3C)C23CC[C@H]1S3)c1ccccc1. The maximum Gasteiger partial charge on any atom is 0.251 e. The number of benzene rings is 2. The summed E-state index contributed by atoms with van der Waals surface area (Å²) in [5.74, 6) is -1.75. The molecule has 5 rings (SSSR count). The highest BCUT2D eigenvalue weighted by atomic mass is 32.2. The van der Waals surface area contributed by atoms with E-state index in [0.29, 0.717) is 13.0 Å². The van der Waals surface area contributed by atoms with E-state index in [1.165, 1.54) is 0 Å². The van der Waals surface area contributed by atoms with E-state index in [-0.39, 0.29) is 36.1 Å². The Morgan fingerprint density at radius 1 is 1.10 bits per heavy atom. The van der Waals surface area contributed by atoms with E-state index in [2.05, 4.69) is 13.2 Å². The minimum atomic E-state index is -0.806. The number of thioether (sulfide) groups is 1. The van der Waals surface area contributed by atoms with Crippen LogP contribution in [0.4, 0.5) is 11.4 Å². The lowest BCUT2D eigenvalue weighted by Crippen LogP contribution is -2.57. The molecule has 8 heteroatoms. The summed E-state index contributed by atoms with van der Waals surface area (Å²) in [6, 6.07) is 14.1. The fourth-order valence-electron chi connectivity index (χ4n) is 7.05. The minimum absolute atomic E-state index is 0.0667. The Labute approximate surface area is 246 Å². The summed E-state index contributed by atoms with van der Waals surface area (Å²) in [7, 11) is 0. The number of aliphatic hydroxyl groups excluding tert-OH is 1. The summed E-state index contributed by atoms with van der Waals surface area (Å²) in [5.41, 5.74) is 3.51. The Morgan fingerprint density at radius 3 is 2.44 bits per heavy atom. The molecular formula is C33H39N3O4S. The van der Waals surface area contributed by atoms with Crippen molar-refractivity contribution in [1.29, 1.82) is 0 Å². The number of amides is 3. The molecule has 3 aliphatic rings. The van der Waals surface area contributed by atoms with Crippen molar-refractivity contribution < 1.29 is 19.5 Å². The van der Waals surface area contributed by atoms with Crippen LogP contribution in [0, 0.1) is 25.7 Å². The highest BCUT2D eigenvalue weighted by Gasteiger charge is 2.74. The second kappa shape index (κ2) is 11.5. The summed E-state index contributed by atoms with van der Waals surface area (Å²) in [4.78, 5) is 48.4. The number of aliphatic hydroxyl groups is 1. The normalized spacial score (nSPS) is 26.9. The molecule has 0 aliphatic carbocycles. The average molecular weight is 574 g/mol. The second-order valence-corrected chi connectivity index (χ2v) is 13.0. The average Bonchev–Trinajstić information content (AvgIpc) is 3.62. The minimum Gasteiger partial charge on any atom is -0.394 e. The zero-order valence-corrected chi connectivity index (χ0v) is 24.8. The molecule has 3 aliphatic heterocycles. The monoisotopic (exact) mass is 573 g/mol. The van der Waals surface area contributed by atoms with Gasteiger partial charge in [0.05, 0.1) is 29.2 Å². The molecule has 0 saturated carbocycles. The van der Waals surface area contributed by atoms with Crippen LogP contribution in [0.5, 0.6) is 0 Å². The van der Waals surface area contributed by atoms with Gasteiger partial charge in [-0.1, -0.05) is 42.5 Å². The largest absolute Gasteiger partial charge is 0.394 e. The van der Waals surface area contributed by atoms with E-state index in [0.717, 1.165) is 28.9 Å². The van der Waals surface area contributed by atoms with Crippen molar-refractivity contribution in [2.45, 2.75) is 55.7 Å². The molecule has 7 nitrogen and oxygen atoms in total. The van der Waals surface area contributed by atoms with Crippen LogP contribution in [0.2, 0.25) is 0 Å². The lowest BCUT2D eigenvalue weighted by atomic mass is 9.70. The Hall–Kier alpha value is -3.36. The highest BCUT2D eigenvalue weighted by molar-refractivity contribution is 8.02. The first-order valence-corrected chi connectivity index (χ1v) is 15.2. The number of carbonyl (C=O) groups excluding carboxylic acids is 3. The van der Waals surface area contributed by atoms with Crippen molar-refractivity contribution >= 4 is 40.9 Å². The molecule has 3 heterocycles. The van der Waals surface area contributed by atoms with Crippen molar-refractivity contribution in [3.63, 3.8) is 0 Å². The van der Waals surface area contributed by atoms with Crippen LogP contribution in [0.1, 0.15) is 30.9 Å². The van der Waals surface area contributed by atoms with Gasteiger partial charge < -0.3 is 19.8 Å². The molecule has 2 aromatic rings. The van der Waals surface area contributed by atoms with Crippen molar-refractivity contribution in [1.82, 2.24) is 4.90 Å². The van der Waals surface area contributed by atoms with Gasteiger partial charge in [0.25, 0.3) is 5.91 Å². The number of likely N-dealkylation sites (tertiary alicyclic amines) is 1. The molecule has 2 unspecified atom stereocenters. The molecule has 1 N–H and O–H groups in total. The topological polar surface area (TPSA) is 81.2 Å². The molecule has 2 aromatic carbocycles. The molecule has 0 aromatic heterocycles. The Kier molecular flexibility index (Phi) is 8.17. The van der Waals surface area contributed by atoms with E-state index < -0.39 is 28.7 Å². The van der Waals surface area contributed by atoms with Gasteiger partial charge in [-0.25, -0.2) is 0 Å². The third-order valence-electron chi connectivity index (χ3n) is 8.87. The highest BCUT2D eigenvalue weighted by Crippen LogP contribution is 2.67. The molecule has 41 heavy (non-hydrogen) atoms. The van der Waals surface area contributed by atoms with Gasteiger partial charge in [0, 0.05) is 29.7 Å². The molecule has 6 atom stereocenters. The number of fused-ring (bicyclic) bond motifs is 1. The third-order valence-corrected chi connectivity index (χ3v) is 10.8. The Balaban J connectivity index is 1.59. The number of rotatable bonds is 10. The molecule has 0 radical (unpaired) electrons. The Bertz CT molecular complexity index is 1360. The van der Waals surface area contributed by atoms with Crippen molar-refractivity contribution in [2.75, 3.05) is 29.5 Å². The van der Waals surface area contributed by atoms with Crippen LogP contribution in [-0.4, -0.2) is 69.5 Å². The van der Waals surface area contributed by atoms with Crippen LogP contribution in [0.25, 0.3) is 0 Å². The number of anilines is 2.